The minimum absolute atomic E-state index is 0.122. The molecule has 1 amide bonds. The van der Waals surface area contributed by atoms with Gasteiger partial charge in [0, 0.05) is 23.1 Å². The van der Waals surface area contributed by atoms with Crippen LogP contribution in [0.3, 0.4) is 0 Å². The molecule has 1 aromatic heterocycles. The summed E-state index contributed by atoms with van der Waals surface area (Å²) in [5, 5.41) is 5.59. The number of nitrogens with one attached hydrogen (secondary N) is 1. The predicted octanol–water partition coefficient (Wildman–Crippen LogP) is 4.52. The van der Waals surface area contributed by atoms with Gasteiger partial charge in [-0.2, -0.15) is 0 Å². The number of amides is 1. The van der Waals surface area contributed by atoms with E-state index < -0.39 is 11.6 Å². The number of carbonyl (C=O) groups is 1. The Morgan fingerprint density at radius 3 is 2.77 bits per heavy atom. The fraction of sp³-hybridized carbons (Fsp3) is 0.182. The molecule has 0 aliphatic heterocycles. The van der Waals surface area contributed by atoms with Gasteiger partial charge < -0.3 is 14.8 Å². The van der Waals surface area contributed by atoms with Crippen LogP contribution in [-0.4, -0.2) is 24.0 Å². The first-order valence-electron chi connectivity index (χ1n) is 9.18. The molecule has 3 aromatic rings. The summed E-state index contributed by atoms with van der Waals surface area (Å²) in [6.45, 7) is 2.62. The molecule has 30 heavy (non-hydrogen) atoms. The highest BCUT2D eigenvalue weighted by molar-refractivity contribution is 7.09. The van der Waals surface area contributed by atoms with E-state index in [-0.39, 0.29) is 24.8 Å². The molecule has 0 aliphatic rings. The van der Waals surface area contributed by atoms with Gasteiger partial charge in [-0.25, -0.2) is 13.8 Å². The SMILES string of the molecule is Cc1nc(COc2ccccc2/C=C/C(=O)NCCOc2ccc(F)c(F)c2)cs1. The quantitative estimate of drug-likeness (QED) is 0.401. The van der Waals surface area contributed by atoms with Crippen LogP contribution < -0.4 is 14.8 Å². The van der Waals surface area contributed by atoms with E-state index in [1.807, 2.05) is 36.6 Å². The maximum absolute atomic E-state index is 13.1. The Bertz CT molecular complexity index is 1040. The highest BCUT2D eigenvalue weighted by atomic mass is 32.1. The number of thiazole rings is 1. The zero-order chi connectivity index (χ0) is 21.3. The molecular formula is C22H20F2N2O3S. The molecule has 0 aliphatic carbocycles. The van der Waals surface area contributed by atoms with Crippen LogP contribution in [0.4, 0.5) is 8.78 Å². The minimum Gasteiger partial charge on any atom is -0.492 e. The van der Waals surface area contributed by atoms with E-state index in [2.05, 4.69) is 10.3 Å². The third-order valence-corrected chi connectivity index (χ3v) is 4.76. The van der Waals surface area contributed by atoms with E-state index in [0.717, 1.165) is 28.4 Å². The summed E-state index contributed by atoms with van der Waals surface area (Å²) in [6, 6.07) is 10.7. The van der Waals surface area contributed by atoms with Gasteiger partial charge in [0.25, 0.3) is 0 Å². The zero-order valence-corrected chi connectivity index (χ0v) is 17.0. The first-order chi connectivity index (χ1) is 14.5. The van der Waals surface area contributed by atoms with Gasteiger partial charge in [-0.3, -0.25) is 4.79 Å². The van der Waals surface area contributed by atoms with Gasteiger partial charge in [-0.15, -0.1) is 11.3 Å². The Kier molecular flexibility index (Phi) is 7.51. The lowest BCUT2D eigenvalue weighted by Crippen LogP contribution is -2.26. The molecule has 0 unspecified atom stereocenters. The van der Waals surface area contributed by atoms with Gasteiger partial charge in [-0.05, 0) is 31.2 Å². The minimum atomic E-state index is -0.981. The summed E-state index contributed by atoms with van der Waals surface area (Å²) in [4.78, 5) is 16.4. The monoisotopic (exact) mass is 430 g/mol. The number of nitrogens with zero attached hydrogens (tertiary/aromatic N) is 1. The van der Waals surface area contributed by atoms with Crippen molar-refractivity contribution < 1.29 is 23.0 Å². The molecule has 0 atom stereocenters. The summed E-state index contributed by atoms with van der Waals surface area (Å²) in [5.41, 5.74) is 1.62. The Morgan fingerprint density at radius 1 is 1.17 bits per heavy atom. The van der Waals surface area contributed by atoms with Crippen LogP contribution in [0.25, 0.3) is 6.08 Å². The van der Waals surface area contributed by atoms with E-state index >= 15 is 0 Å². The number of halogens is 2. The van der Waals surface area contributed by atoms with Crippen molar-refractivity contribution in [2.45, 2.75) is 13.5 Å². The van der Waals surface area contributed by atoms with Crippen molar-refractivity contribution in [1.82, 2.24) is 10.3 Å². The topological polar surface area (TPSA) is 60.5 Å². The number of benzene rings is 2. The van der Waals surface area contributed by atoms with Gasteiger partial charge in [0.15, 0.2) is 11.6 Å². The van der Waals surface area contributed by atoms with E-state index in [0.29, 0.717) is 12.4 Å². The van der Waals surface area contributed by atoms with Crippen molar-refractivity contribution in [1.29, 1.82) is 0 Å². The van der Waals surface area contributed by atoms with Crippen molar-refractivity contribution in [3.63, 3.8) is 0 Å². The van der Waals surface area contributed by atoms with Crippen LogP contribution >= 0.6 is 11.3 Å². The molecule has 0 saturated carbocycles. The fourth-order valence-corrected chi connectivity index (χ4v) is 3.11. The molecule has 0 radical (unpaired) electrons. The molecule has 1 heterocycles. The number of hydrogen-bond acceptors (Lipinski definition) is 5. The standard InChI is InChI=1S/C22H20F2N2O3S/c1-15-26-17(14-30-15)13-29-21-5-3-2-4-16(21)6-9-22(27)25-10-11-28-18-7-8-19(23)20(24)12-18/h2-9,12,14H,10-11,13H2,1H3,(H,25,27)/b9-6+. The summed E-state index contributed by atoms with van der Waals surface area (Å²) in [5.74, 6) is -1.39. The molecule has 3 rings (SSSR count). The second kappa shape index (κ2) is 10.5. The lowest BCUT2D eigenvalue weighted by molar-refractivity contribution is -0.116. The van der Waals surface area contributed by atoms with Crippen LogP contribution in [0.15, 0.2) is 53.9 Å². The average Bonchev–Trinajstić information content (AvgIpc) is 3.16. The van der Waals surface area contributed by atoms with Gasteiger partial charge >= 0.3 is 0 Å². The van der Waals surface area contributed by atoms with Gasteiger partial charge in [0.2, 0.25) is 5.91 Å². The van der Waals surface area contributed by atoms with Crippen molar-refractivity contribution in [3.8, 4) is 11.5 Å². The van der Waals surface area contributed by atoms with Crippen LogP contribution in [-0.2, 0) is 11.4 Å². The smallest absolute Gasteiger partial charge is 0.244 e. The van der Waals surface area contributed by atoms with Crippen LogP contribution in [0.5, 0.6) is 11.5 Å². The summed E-state index contributed by atoms with van der Waals surface area (Å²) in [6.07, 6.45) is 3.06. The molecule has 8 heteroatoms. The van der Waals surface area contributed by atoms with E-state index in [4.69, 9.17) is 9.47 Å². The van der Waals surface area contributed by atoms with E-state index in [1.165, 1.54) is 12.1 Å². The fourth-order valence-electron chi connectivity index (χ4n) is 2.51. The molecule has 5 nitrogen and oxygen atoms in total. The lowest BCUT2D eigenvalue weighted by Gasteiger charge is -2.08. The first kappa shape index (κ1) is 21.4. The second-order valence-electron chi connectivity index (χ2n) is 6.23. The van der Waals surface area contributed by atoms with E-state index in [9.17, 15) is 13.6 Å². The highest BCUT2D eigenvalue weighted by Gasteiger charge is 2.05. The van der Waals surface area contributed by atoms with Gasteiger partial charge in [-0.1, -0.05) is 18.2 Å². The third kappa shape index (κ3) is 6.38. The Hall–Kier alpha value is -3.26. The number of ether oxygens (including phenoxy) is 2. The summed E-state index contributed by atoms with van der Waals surface area (Å²) in [7, 11) is 0. The van der Waals surface area contributed by atoms with Crippen LogP contribution in [0.1, 0.15) is 16.3 Å². The predicted molar refractivity (Wildman–Crippen MR) is 112 cm³/mol. The van der Waals surface area contributed by atoms with Crippen molar-refractivity contribution in [2.75, 3.05) is 13.2 Å². The van der Waals surface area contributed by atoms with Gasteiger partial charge in [0.05, 0.1) is 17.2 Å². The molecular weight excluding hydrogens is 410 g/mol. The Balaban J connectivity index is 1.46. The molecule has 0 bridgehead atoms. The van der Waals surface area contributed by atoms with Crippen molar-refractivity contribution >= 4 is 23.3 Å². The maximum Gasteiger partial charge on any atom is 0.244 e. The van der Waals surface area contributed by atoms with Crippen molar-refractivity contribution in [3.05, 3.63) is 81.8 Å². The Labute approximate surface area is 177 Å². The number of aromatic nitrogens is 1. The Morgan fingerprint density at radius 2 is 2.00 bits per heavy atom. The van der Waals surface area contributed by atoms with Gasteiger partial charge in [0.1, 0.15) is 24.7 Å². The summed E-state index contributed by atoms with van der Waals surface area (Å²) >= 11 is 1.56. The molecule has 1 N–H and O–H groups in total. The maximum atomic E-state index is 13.1. The highest BCUT2D eigenvalue weighted by Crippen LogP contribution is 2.21. The normalized spacial score (nSPS) is 10.9. The average molecular weight is 430 g/mol. The first-order valence-corrected chi connectivity index (χ1v) is 10.1. The van der Waals surface area contributed by atoms with Crippen LogP contribution in [0.2, 0.25) is 0 Å². The zero-order valence-electron chi connectivity index (χ0n) is 16.2. The largest absolute Gasteiger partial charge is 0.492 e. The van der Waals surface area contributed by atoms with Crippen LogP contribution in [0, 0.1) is 18.6 Å². The third-order valence-electron chi connectivity index (χ3n) is 3.94. The number of aryl methyl sites for hydroxylation is 1. The summed E-state index contributed by atoms with van der Waals surface area (Å²) < 4.78 is 37.1. The van der Waals surface area contributed by atoms with E-state index in [1.54, 1.807) is 17.4 Å². The number of rotatable bonds is 9. The molecule has 2 aromatic carbocycles. The second-order valence-corrected chi connectivity index (χ2v) is 7.30. The number of hydrogen-bond donors (Lipinski definition) is 1. The molecule has 156 valence electrons. The van der Waals surface area contributed by atoms with Crippen molar-refractivity contribution in [2.24, 2.45) is 0 Å². The lowest BCUT2D eigenvalue weighted by atomic mass is 10.2. The molecule has 0 fully saturated rings. The number of para-hydroxylation sites is 1. The molecule has 0 spiro atoms. The molecule has 0 saturated heterocycles. The number of carbonyl (C=O) groups excluding carboxylic acids is 1.